The molecule has 0 radical (unpaired) electrons. The summed E-state index contributed by atoms with van der Waals surface area (Å²) in [6.07, 6.45) is 2.40. The monoisotopic (exact) mass is 236 g/mol. The SMILES string of the molecule is CC1CN(C(=O)c2cc(C3CC3)on2)CCO1. The average molecular weight is 236 g/mol. The summed E-state index contributed by atoms with van der Waals surface area (Å²) in [5.41, 5.74) is 0.431. The molecule has 5 heteroatoms. The third-order valence-electron chi connectivity index (χ3n) is 3.26. The van der Waals surface area contributed by atoms with E-state index in [9.17, 15) is 4.79 Å². The highest BCUT2D eigenvalue weighted by molar-refractivity contribution is 5.92. The van der Waals surface area contributed by atoms with E-state index in [1.54, 1.807) is 11.0 Å². The van der Waals surface area contributed by atoms with Crippen LogP contribution >= 0.6 is 0 Å². The lowest BCUT2D eigenvalue weighted by molar-refractivity contribution is -0.0127. The maximum Gasteiger partial charge on any atom is 0.276 e. The van der Waals surface area contributed by atoms with Gasteiger partial charge in [-0.15, -0.1) is 0 Å². The molecule has 1 aromatic rings. The second-order valence-electron chi connectivity index (χ2n) is 4.82. The van der Waals surface area contributed by atoms with E-state index in [4.69, 9.17) is 9.26 Å². The Bertz CT molecular complexity index is 425. The van der Waals surface area contributed by atoms with E-state index in [-0.39, 0.29) is 12.0 Å². The fraction of sp³-hybridized carbons (Fsp3) is 0.667. The van der Waals surface area contributed by atoms with Gasteiger partial charge in [-0.1, -0.05) is 5.16 Å². The lowest BCUT2D eigenvalue weighted by atomic mass is 10.2. The highest BCUT2D eigenvalue weighted by Crippen LogP contribution is 2.40. The summed E-state index contributed by atoms with van der Waals surface area (Å²) in [6.45, 7) is 3.83. The van der Waals surface area contributed by atoms with E-state index in [0.717, 1.165) is 18.6 Å². The zero-order valence-electron chi connectivity index (χ0n) is 9.89. The fourth-order valence-electron chi connectivity index (χ4n) is 2.12. The summed E-state index contributed by atoms with van der Waals surface area (Å²) in [5.74, 6) is 1.30. The summed E-state index contributed by atoms with van der Waals surface area (Å²) < 4.78 is 10.6. The number of hydrogen-bond donors (Lipinski definition) is 0. The van der Waals surface area contributed by atoms with Gasteiger partial charge in [0.2, 0.25) is 0 Å². The average Bonchev–Trinajstić information content (AvgIpc) is 3.07. The zero-order valence-corrected chi connectivity index (χ0v) is 9.89. The van der Waals surface area contributed by atoms with Crippen LogP contribution in [-0.4, -0.2) is 41.8 Å². The molecule has 17 heavy (non-hydrogen) atoms. The van der Waals surface area contributed by atoms with Crippen LogP contribution in [0.3, 0.4) is 0 Å². The first-order valence-corrected chi connectivity index (χ1v) is 6.11. The van der Waals surface area contributed by atoms with Gasteiger partial charge >= 0.3 is 0 Å². The van der Waals surface area contributed by atoms with E-state index >= 15 is 0 Å². The quantitative estimate of drug-likeness (QED) is 0.779. The van der Waals surface area contributed by atoms with Gasteiger partial charge in [-0.25, -0.2) is 0 Å². The van der Waals surface area contributed by atoms with Crippen molar-refractivity contribution in [2.45, 2.75) is 31.8 Å². The molecule has 1 amide bonds. The number of amides is 1. The van der Waals surface area contributed by atoms with Crippen LogP contribution in [0, 0.1) is 0 Å². The summed E-state index contributed by atoms with van der Waals surface area (Å²) in [4.78, 5) is 13.9. The number of rotatable bonds is 2. The first-order chi connectivity index (χ1) is 8.24. The van der Waals surface area contributed by atoms with Gasteiger partial charge in [-0.05, 0) is 19.8 Å². The molecular formula is C12H16N2O3. The maximum atomic E-state index is 12.1. The Kier molecular flexibility index (Phi) is 2.63. The highest BCUT2D eigenvalue weighted by atomic mass is 16.5. The van der Waals surface area contributed by atoms with Crippen LogP contribution in [0.25, 0.3) is 0 Å². The topological polar surface area (TPSA) is 55.6 Å². The molecule has 1 saturated carbocycles. The minimum atomic E-state index is -0.0456. The minimum absolute atomic E-state index is 0.0456. The van der Waals surface area contributed by atoms with Crippen molar-refractivity contribution >= 4 is 5.91 Å². The number of nitrogens with zero attached hydrogens (tertiary/aromatic N) is 2. The third kappa shape index (κ3) is 2.20. The highest BCUT2D eigenvalue weighted by Gasteiger charge is 2.30. The van der Waals surface area contributed by atoms with Gasteiger partial charge < -0.3 is 14.2 Å². The van der Waals surface area contributed by atoms with Crippen molar-refractivity contribution in [3.8, 4) is 0 Å². The van der Waals surface area contributed by atoms with Crippen molar-refractivity contribution in [3.05, 3.63) is 17.5 Å². The molecule has 2 aliphatic rings. The number of morpholine rings is 1. The molecular weight excluding hydrogens is 220 g/mol. The van der Waals surface area contributed by atoms with Crippen molar-refractivity contribution in [2.24, 2.45) is 0 Å². The molecule has 0 N–H and O–H groups in total. The molecule has 3 rings (SSSR count). The van der Waals surface area contributed by atoms with Gasteiger partial charge in [0.25, 0.3) is 5.91 Å². The number of carbonyl (C=O) groups is 1. The van der Waals surface area contributed by atoms with E-state index in [1.165, 1.54) is 0 Å². The molecule has 1 aromatic heterocycles. The molecule has 2 heterocycles. The Balaban J connectivity index is 1.71. The largest absolute Gasteiger partial charge is 0.375 e. The van der Waals surface area contributed by atoms with Gasteiger partial charge in [-0.3, -0.25) is 4.79 Å². The second-order valence-corrected chi connectivity index (χ2v) is 4.82. The van der Waals surface area contributed by atoms with E-state index < -0.39 is 0 Å². The first-order valence-electron chi connectivity index (χ1n) is 6.11. The molecule has 1 saturated heterocycles. The first kappa shape index (κ1) is 10.8. The van der Waals surface area contributed by atoms with Crippen molar-refractivity contribution in [2.75, 3.05) is 19.7 Å². The van der Waals surface area contributed by atoms with E-state index in [1.807, 2.05) is 6.92 Å². The van der Waals surface area contributed by atoms with Crippen molar-refractivity contribution in [1.29, 1.82) is 0 Å². The van der Waals surface area contributed by atoms with E-state index in [2.05, 4.69) is 5.16 Å². The van der Waals surface area contributed by atoms with Crippen molar-refractivity contribution < 1.29 is 14.1 Å². The van der Waals surface area contributed by atoms with Crippen molar-refractivity contribution in [3.63, 3.8) is 0 Å². The third-order valence-corrected chi connectivity index (χ3v) is 3.26. The predicted octanol–water partition coefficient (Wildman–Crippen LogP) is 1.41. The number of hydrogen-bond acceptors (Lipinski definition) is 4. The Hall–Kier alpha value is -1.36. The van der Waals surface area contributed by atoms with Gasteiger partial charge in [0, 0.05) is 25.1 Å². The molecule has 1 aliphatic carbocycles. The van der Waals surface area contributed by atoms with Crippen LogP contribution < -0.4 is 0 Å². The molecule has 0 spiro atoms. The second kappa shape index (κ2) is 4.14. The molecule has 1 atom stereocenters. The Morgan fingerprint density at radius 1 is 1.53 bits per heavy atom. The van der Waals surface area contributed by atoms with E-state index in [0.29, 0.717) is 31.3 Å². The summed E-state index contributed by atoms with van der Waals surface area (Å²) in [7, 11) is 0. The summed E-state index contributed by atoms with van der Waals surface area (Å²) in [6, 6.07) is 1.79. The van der Waals surface area contributed by atoms with Crippen molar-refractivity contribution in [1.82, 2.24) is 10.1 Å². The van der Waals surface area contributed by atoms with Crippen LogP contribution in [0.4, 0.5) is 0 Å². The lowest BCUT2D eigenvalue weighted by Gasteiger charge is -2.30. The Morgan fingerprint density at radius 3 is 3.06 bits per heavy atom. The number of aromatic nitrogens is 1. The maximum absolute atomic E-state index is 12.1. The number of ether oxygens (including phenoxy) is 1. The number of carbonyl (C=O) groups excluding carboxylic acids is 1. The Labute approximate surface area is 99.7 Å². The Morgan fingerprint density at radius 2 is 2.35 bits per heavy atom. The molecule has 1 unspecified atom stereocenters. The standard InChI is InChI=1S/C12H16N2O3/c1-8-7-14(4-5-16-8)12(15)10-6-11(17-13-10)9-2-3-9/h6,8-9H,2-5,7H2,1H3. The summed E-state index contributed by atoms with van der Waals surface area (Å²) in [5, 5.41) is 3.87. The molecule has 92 valence electrons. The van der Waals surface area contributed by atoms with Crippen LogP contribution in [0.2, 0.25) is 0 Å². The normalized spacial score (nSPS) is 25.0. The molecule has 0 bridgehead atoms. The molecule has 0 aromatic carbocycles. The van der Waals surface area contributed by atoms with Crippen LogP contribution in [-0.2, 0) is 4.74 Å². The molecule has 2 fully saturated rings. The van der Waals surface area contributed by atoms with Gasteiger partial charge in [0.15, 0.2) is 5.69 Å². The van der Waals surface area contributed by atoms with Crippen LogP contribution in [0.15, 0.2) is 10.6 Å². The molecule has 5 nitrogen and oxygen atoms in total. The van der Waals surface area contributed by atoms with Crippen LogP contribution in [0.5, 0.6) is 0 Å². The van der Waals surface area contributed by atoms with Gasteiger partial charge in [0.1, 0.15) is 5.76 Å². The zero-order chi connectivity index (χ0) is 11.8. The minimum Gasteiger partial charge on any atom is -0.375 e. The lowest BCUT2D eigenvalue weighted by Crippen LogP contribution is -2.44. The molecule has 1 aliphatic heterocycles. The smallest absolute Gasteiger partial charge is 0.276 e. The fourth-order valence-corrected chi connectivity index (χ4v) is 2.12. The van der Waals surface area contributed by atoms with Gasteiger partial charge in [-0.2, -0.15) is 0 Å². The van der Waals surface area contributed by atoms with Gasteiger partial charge in [0.05, 0.1) is 12.7 Å². The van der Waals surface area contributed by atoms with Crippen LogP contribution in [0.1, 0.15) is 41.9 Å². The summed E-state index contributed by atoms with van der Waals surface area (Å²) >= 11 is 0. The predicted molar refractivity (Wildman–Crippen MR) is 59.8 cm³/mol.